The molecule has 2 aromatic carbocycles. The molecule has 2 heterocycles. The van der Waals surface area contributed by atoms with Crippen LogP contribution in [-0.2, 0) is 9.31 Å². The van der Waals surface area contributed by atoms with E-state index in [1.54, 1.807) is 6.07 Å². The maximum absolute atomic E-state index is 15.7. The predicted molar refractivity (Wildman–Crippen MR) is 107 cm³/mol. The van der Waals surface area contributed by atoms with Crippen molar-refractivity contribution in [2.75, 3.05) is 0 Å². The number of rotatable bonds is 2. The molecular weight excluding hydrogens is 358 g/mol. The molecular formula is C22H24BFO4. The summed E-state index contributed by atoms with van der Waals surface area (Å²) in [4.78, 5) is 0. The van der Waals surface area contributed by atoms with E-state index < -0.39 is 24.0 Å². The van der Waals surface area contributed by atoms with E-state index in [-0.39, 0.29) is 11.9 Å². The first-order chi connectivity index (χ1) is 13.2. The zero-order valence-electron chi connectivity index (χ0n) is 16.5. The van der Waals surface area contributed by atoms with Crippen molar-refractivity contribution < 1.29 is 23.5 Å². The average molecular weight is 382 g/mol. The first-order valence-electron chi connectivity index (χ1n) is 9.47. The maximum atomic E-state index is 15.7. The quantitative estimate of drug-likeness (QED) is 0.723. The number of hydrogen-bond donors (Lipinski definition) is 1. The molecule has 0 saturated carbocycles. The third-order valence-corrected chi connectivity index (χ3v) is 5.87. The molecule has 0 bridgehead atoms. The number of phenols is 1. The van der Waals surface area contributed by atoms with Gasteiger partial charge >= 0.3 is 7.12 Å². The van der Waals surface area contributed by atoms with Gasteiger partial charge in [-0.1, -0.05) is 30.3 Å². The normalized spacial score (nSPS) is 24.5. The largest absolute Gasteiger partial charge is 0.525 e. The number of fused-ring (bicyclic) bond motifs is 1. The van der Waals surface area contributed by atoms with E-state index in [2.05, 4.69) is 0 Å². The Hall–Kier alpha value is -2.31. The lowest BCUT2D eigenvalue weighted by atomic mass is 9.79. The monoisotopic (exact) mass is 382 g/mol. The lowest BCUT2D eigenvalue weighted by Gasteiger charge is -2.32. The van der Waals surface area contributed by atoms with E-state index in [4.69, 9.17) is 14.0 Å². The van der Waals surface area contributed by atoms with Gasteiger partial charge in [-0.05, 0) is 57.0 Å². The molecule has 4 rings (SSSR count). The van der Waals surface area contributed by atoms with Gasteiger partial charge in [0.25, 0.3) is 0 Å². The van der Waals surface area contributed by atoms with Crippen molar-refractivity contribution in [1.82, 2.24) is 0 Å². The van der Waals surface area contributed by atoms with Crippen molar-refractivity contribution in [3.05, 3.63) is 65.4 Å². The van der Waals surface area contributed by atoms with Crippen molar-refractivity contribution in [3.63, 3.8) is 0 Å². The summed E-state index contributed by atoms with van der Waals surface area (Å²) < 4.78 is 33.6. The molecule has 0 aromatic heterocycles. The minimum atomic E-state index is -1.09. The number of hydrogen-bond acceptors (Lipinski definition) is 4. The number of halogens is 1. The van der Waals surface area contributed by atoms with E-state index in [1.165, 1.54) is 12.1 Å². The maximum Gasteiger partial charge on any atom is 0.525 e. The zero-order chi connectivity index (χ0) is 20.1. The van der Waals surface area contributed by atoms with Crippen molar-refractivity contribution in [2.24, 2.45) is 0 Å². The van der Waals surface area contributed by atoms with Crippen LogP contribution in [-0.4, -0.2) is 23.4 Å². The van der Waals surface area contributed by atoms with Gasteiger partial charge in [0, 0.05) is 12.0 Å². The fourth-order valence-corrected chi connectivity index (χ4v) is 3.52. The smallest absolute Gasteiger partial charge is 0.508 e. The van der Waals surface area contributed by atoms with Crippen LogP contribution < -0.4 is 4.74 Å². The molecule has 4 nitrogen and oxygen atoms in total. The molecule has 0 radical (unpaired) electrons. The molecule has 1 atom stereocenters. The van der Waals surface area contributed by atoms with Gasteiger partial charge in [0.15, 0.2) is 0 Å². The van der Waals surface area contributed by atoms with Gasteiger partial charge in [-0.15, -0.1) is 0 Å². The Labute approximate surface area is 165 Å². The highest BCUT2D eigenvalue weighted by molar-refractivity contribution is 6.55. The molecule has 2 aromatic rings. The zero-order valence-corrected chi connectivity index (χ0v) is 16.5. The van der Waals surface area contributed by atoms with Crippen molar-refractivity contribution in [1.29, 1.82) is 0 Å². The van der Waals surface area contributed by atoms with Gasteiger partial charge in [0.2, 0.25) is 0 Å². The number of phenolic OH excluding ortho intramolecular Hbond substituents is 1. The van der Waals surface area contributed by atoms with Crippen molar-refractivity contribution in [2.45, 2.75) is 51.4 Å². The van der Waals surface area contributed by atoms with Crippen LogP contribution in [0.5, 0.6) is 11.5 Å². The average Bonchev–Trinajstić information content (AvgIpc) is 2.88. The molecule has 2 aliphatic rings. The number of ether oxygens (including phenoxy) is 1. The highest BCUT2D eigenvalue weighted by Gasteiger charge is 2.54. The van der Waals surface area contributed by atoms with Crippen LogP contribution in [0.15, 0.2) is 54.3 Å². The van der Waals surface area contributed by atoms with E-state index in [1.807, 2.05) is 58.0 Å². The predicted octanol–water partition coefficient (Wildman–Crippen LogP) is 5.23. The van der Waals surface area contributed by atoms with Crippen molar-refractivity contribution in [3.8, 4) is 11.5 Å². The summed E-state index contributed by atoms with van der Waals surface area (Å²) in [7, 11) is -1.09. The molecule has 1 fully saturated rings. The lowest BCUT2D eigenvalue weighted by Crippen LogP contribution is -2.41. The molecule has 0 amide bonds. The van der Waals surface area contributed by atoms with Crippen LogP contribution in [0.2, 0.25) is 0 Å². The minimum Gasteiger partial charge on any atom is -0.508 e. The van der Waals surface area contributed by atoms with E-state index >= 15 is 4.39 Å². The van der Waals surface area contributed by atoms with E-state index in [0.717, 1.165) is 5.56 Å². The summed E-state index contributed by atoms with van der Waals surface area (Å²) in [5, 5.41) is 9.94. The van der Waals surface area contributed by atoms with Gasteiger partial charge in [-0.25, -0.2) is 4.39 Å². The van der Waals surface area contributed by atoms with Gasteiger partial charge < -0.3 is 19.2 Å². The van der Waals surface area contributed by atoms with Gasteiger partial charge in [0.1, 0.15) is 23.3 Å². The van der Waals surface area contributed by atoms with Gasteiger partial charge in [-0.2, -0.15) is 0 Å². The summed E-state index contributed by atoms with van der Waals surface area (Å²) in [6, 6.07) is 14.4. The fraction of sp³-hybridized carbons (Fsp3) is 0.364. The molecule has 2 aliphatic heterocycles. The second kappa shape index (κ2) is 6.64. The second-order valence-corrected chi connectivity index (χ2v) is 8.32. The minimum absolute atomic E-state index is 0.0553. The van der Waals surface area contributed by atoms with Crippen LogP contribution >= 0.6 is 0 Å². The Balaban J connectivity index is 1.78. The topological polar surface area (TPSA) is 47.9 Å². The Morgan fingerprint density at radius 2 is 1.68 bits per heavy atom. The highest BCUT2D eigenvalue weighted by atomic mass is 19.1. The summed E-state index contributed by atoms with van der Waals surface area (Å²) in [6.07, 6.45) is -0.0162. The Bertz CT molecular complexity index is 907. The van der Waals surface area contributed by atoms with E-state index in [9.17, 15) is 5.11 Å². The third-order valence-electron chi connectivity index (χ3n) is 5.87. The highest BCUT2D eigenvalue weighted by Crippen LogP contribution is 2.47. The SMILES string of the molecule is CC1(C)OB(C(F)=C2CC(c3ccccc3)Oc3ccc(O)cc32)OC1(C)C. The molecule has 6 heteroatoms. The van der Waals surface area contributed by atoms with Gasteiger partial charge in [-0.3, -0.25) is 0 Å². The fourth-order valence-electron chi connectivity index (χ4n) is 3.52. The van der Waals surface area contributed by atoms with E-state index in [0.29, 0.717) is 23.3 Å². The Kier molecular flexibility index (Phi) is 4.51. The lowest BCUT2D eigenvalue weighted by molar-refractivity contribution is 0.00578. The summed E-state index contributed by atoms with van der Waals surface area (Å²) >= 11 is 0. The standard InChI is InChI=1S/C22H24BFO4/c1-21(2)22(3,4)28-23(27-21)20(24)17-13-19(14-8-6-5-7-9-14)26-18-11-10-15(25)12-16(17)18/h5-12,19,25H,13H2,1-4H3. The van der Waals surface area contributed by atoms with Crippen LogP contribution in [0.1, 0.15) is 51.3 Å². The third kappa shape index (κ3) is 3.21. The summed E-state index contributed by atoms with van der Waals surface area (Å²) in [5.41, 5.74) is 0.168. The number of benzene rings is 2. The summed E-state index contributed by atoms with van der Waals surface area (Å²) in [5.74, 6) is 0.583. The molecule has 0 aliphatic carbocycles. The molecule has 0 spiro atoms. The number of aromatic hydroxyl groups is 1. The van der Waals surface area contributed by atoms with Crippen LogP contribution in [0, 0.1) is 0 Å². The Morgan fingerprint density at radius 3 is 2.32 bits per heavy atom. The molecule has 146 valence electrons. The first-order valence-corrected chi connectivity index (χ1v) is 9.47. The first kappa shape index (κ1) is 19.0. The molecule has 28 heavy (non-hydrogen) atoms. The molecule has 1 unspecified atom stereocenters. The van der Waals surface area contributed by atoms with Crippen molar-refractivity contribution >= 4 is 12.7 Å². The Morgan fingerprint density at radius 1 is 1.04 bits per heavy atom. The second-order valence-electron chi connectivity index (χ2n) is 8.32. The molecule has 1 N–H and O–H groups in total. The van der Waals surface area contributed by atoms with Crippen LogP contribution in [0.3, 0.4) is 0 Å². The van der Waals surface area contributed by atoms with Crippen LogP contribution in [0.25, 0.3) is 5.57 Å². The van der Waals surface area contributed by atoms with Gasteiger partial charge in [0.05, 0.1) is 11.2 Å². The van der Waals surface area contributed by atoms with Crippen LogP contribution in [0.4, 0.5) is 4.39 Å². The molecule has 1 saturated heterocycles. The summed E-state index contributed by atoms with van der Waals surface area (Å²) in [6.45, 7) is 7.56.